The molecule has 1 N–H and O–H groups in total. The first-order chi connectivity index (χ1) is 10.0. The van der Waals surface area contributed by atoms with E-state index in [1.54, 1.807) is 18.4 Å². The second-order valence-electron chi connectivity index (χ2n) is 4.88. The summed E-state index contributed by atoms with van der Waals surface area (Å²) in [6.07, 6.45) is 1.65. The van der Waals surface area contributed by atoms with E-state index < -0.39 is 0 Å². The molecule has 0 saturated carbocycles. The lowest BCUT2D eigenvalue weighted by Crippen LogP contribution is -2.17. The summed E-state index contributed by atoms with van der Waals surface area (Å²) < 4.78 is 5.28. The normalized spacial score (nSPS) is 10.4. The Morgan fingerprint density at radius 3 is 2.71 bits per heavy atom. The minimum Gasteiger partial charge on any atom is -0.469 e. The zero-order valence-corrected chi connectivity index (χ0v) is 12.4. The smallest absolute Gasteiger partial charge is 0.273 e. The van der Waals surface area contributed by atoms with E-state index in [1.165, 1.54) is 0 Å². The average Bonchev–Trinajstić information content (AvgIpc) is 2.84. The van der Waals surface area contributed by atoms with Crippen molar-refractivity contribution in [3.63, 3.8) is 0 Å². The Morgan fingerprint density at radius 1 is 1.38 bits per heavy atom. The van der Waals surface area contributed by atoms with Crippen LogP contribution < -0.4 is 10.2 Å². The number of nitro groups is 1. The average molecular weight is 289 g/mol. The summed E-state index contributed by atoms with van der Waals surface area (Å²) in [6.45, 7) is 5.21. The van der Waals surface area contributed by atoms with Gasteiger partial charge in [-0.2, -0.15) is 0 Å². The SMILES string of the molecule is CCNc1cc(N(C)Cc2ccoc2C)cc([N+](=O)[O-])c1. The number of aryl methyl sites for hydroxylation is 1. The maximum absolute atomic E-state index is 11.0. The van der Waals surface area contributed by atoms with Crippen molar-refractivity contribution in [3.8, 4) is 0 Å². The van der Waals surface area contributed by atoms with Crippen LogP contribution in [0, 0.1) is 17.0 Å². The molecule has 0 fully saturated rings. The van der Waals surface area contributed by atoms with Crippen molar-refractivity contribution in [2.45, 2.75) is 20.4 Å². The number of furan rings is 1. The summed E-state index contributed by atoms with van der Waals surface area (Å²) in [6, 6.07) is 6.94. The van der Waals surface area contributed by atoms with Crippen molar-refractivity contribution in [1.29, 1.82) is 0 Å². The lowest BCUT2D eigenvalue weighted by molar-refractivity contribution is -0.384. The number of hydrogen-bond donors (Lipinski definition) is 1. The Kier molecular flexibility index (Phi) is 4.47. The van der Waals surface area contributed by atoms with E-state index in [0.717, 1.165) is 22.7 Å². The van der Waals surface area contributed by atoms with E-state index in [1.807, 2.05) is 37.9 Å². The van der Waals surface area contributed by atoms with Gasteiger partial charge in [0.1, 0.15) is 5.76 Å². The molecule has 2 rings (SSSR count). The molecule has 0 unspecified atom stereocenters. The number of benzene rings is 1. The van der Waals surface area contributed by atoms with Crippen LogP contribution in [0.1, 0.15) is 18.2 Å². The summed E-state index contributed by atoms with van der Waals surface area (Å²) >= 11 is 0. The van der Waals surface area contributed by atoms with Gasteiger partial charge in [0.25, 0.3) is 5.69 Å². The van der Waals surface area contributed by atoms with Crippen molar-refractivity contribution in [2.75, 3.05) is 23.8 Å². The van der Waals surface area contributed by atoms with Gasteiger partial charge in [0.2, 0.25) is 0 Å². The van der Waals surface area contributed by atoms with Crippen LogP contribution in [-0.4, -0.2) is 18.5 Å². The number of anilines is 2. The van der Waals surface area contributed by atoms with Gasteiger partial charge in [0.05, 0.1) is 11.2 Å². The van der Waals surface area contributed by atoms with Crippen LogP contribution in [0.15, 0.2) is 34.9 Å². The van der Waals surface area contributed by atoms with E-state index >= 15 is 0 Å². The molecular weight excluding hydrogens is 270 g/mol. The van der Waals surface area contributed by atoms with Crippen molar-refractivity contribution in [1.82, 2.24) is 0 Å². The fourth-order valence-electron chi connectivity index (χ4n) is 2.15. The van der Waals surface area contributed by atoms with E-state index in [2.05, 4.69) is 5.32 Å². The first-order valence-electron chi connectivity index (χ1n) is 6.78. The maximum atomic E-state index is 11.0. The number of nitro benzene ring substituents is 1. The summed E-state index contributed by atoms with van der Waals surface area (Å²) in [4.78, 5) is 12.6. The van der Waals surface area contributed by atoms with E-state index in [9.17, 15) is 10.1 Å². The highest BCUT2D eigenvalue weighted by Crippen LogP contribution is 2.27. The Balaban J connectivity index is 2.28. The van der Waals surface area contributed by atoms with E-state index in [4.69, 9.17) is 4.42 Å². The molecule has 0 aliphatic carbocycles. The number of nitrogens with one attached hydrogen (secondary N) is 1. The molecule has 1 heterocycles. The Labute approximate surface area is 123 Å². The first-order valence-corrected chi connectivity index (χ1v) is 6.78. The molecule has 0 aliphatic heterocycles. The lowest BCUT2D eigenvalue weighted by atomic mass is 10.2. The van der Waals surface area contributed by atoms with Crippen LogP contribution in [0.25, 0.3) is 0 Å². The van der Waals surface area contributed by atoms with Gasteiger partial charge in [0, 0.05) is 49.2 Å². The highest BCUT2D eigenvalue weighted by molar-refractivity contribution is 5.64. The molecule has 21 heavy (non-hydrogen) atoms. The van der Waals surface area contributed by atoms with Crippen molar-refractivity contribution >= 4 is 17.1 Å². The third kappa shape index (κ3) is 3.53. The molecular formula is C15H19N3O3. The molecule has 1 aromatic carbocycles. The first kappa shape index (κ1) is 14.9. The molecule has 0 saturated heterocycles. The quantitative estimate of drug-likeness (QED) is 0.650. The van der Waals surface area contributed by atoms with Gasteiger partial charge in [-0.15, -0.1) is 0 Å². The van der Waals surface area contributed by atoms with Crippen LogP contribution in [0.5, 0.6) is 0 Å². The van der Waals surface area contributed by atoms with Crippen LogP contribution in [0.4, 0.5) is 17.1 Å². The fourth-order valence-corrected chi connectivity index (χ4v) is 2.15. The molecule has 0 amide bonds. The Hall–Kier alpha value is -2.50. The lowest BCUT2D eigenvalue weighted by Gasteiger charge is -2.20. The molecule has 112 valence electrons. The third-order valence-electron chi connectivity index (χ3n) is 3.31. The maximum Gasteiger partial charge on any atom is 0.273 e. The number of non-ortho nitro benzene ring substituents is 1. The van der Waals surface area contributed by atoms with Gasteiger partial charge in [-0.05, 0) is 26.0 Å². The Morgan fingerprint density at radius 2 is 2.14 bits per heavy atom. The third-order valence-corrected chi connectivity index (χ3v) is 3.31. The largest absolute Gasteiger partial charge is 0.469 e. The number of nitrogens with zero attached hydrogens (tertiary/aromatic N) is 2. The molecule has 6 heteroatoms. The monoisotopic (exact) mass is 289 g/mol. The molecule has 1 aromatic heterocycles. The van der Waals surface area contributed by atoms with Gasteiger partial charge in [0.15, 0.2) is 0 Å². The van der Waals surface area contributed by atoms with E-state index in [0.29, 0.717) is 13.1 Å². The highest BCUT2D eigenvalue weighted by Gasteiger charge is 2.13. The summed E-state index contributed by atoms with van der Waals surface area (Å²) in [5, 5.41) is 14.2. The molecule has 0 bridgehead atoms. The molecule has 2 aromatic rings. The zero-order valence-electron chi connectivity index (χ0n) is 12.4. The van der Waals surface area contributed by atoms with Gasteiger partial charge < -0.3 is 14.6 Å². The van der Waals surface area contributed by atoms with Gasteiger partial charge >= 0.3 is 0 Å². The van der Waals surface area contributed by atoms with Crippen LogP contribution in [-0.2, 0) is 6.54 Å². The van der Waals surface area contributed by atoms with E-state index in [-0.39, 0.29) is 10.6 Å². The molecule has 6 nitrogen and oxygen atoms in total. The summed E-state index contributed by atoms with van der Waals surface area (Å²) in [5.74, 6) is 0.860. The second kappa shape index (κ2) is 6.30. The molecule has 0 spiro atoms. The predicted octanol–water partition coefficient (Wildman–Crippen LogP) is 3.56. The second-order valence-corrected chi connectivity index (χ2v) is 4.88. The molecule has 0 atom stereocenters. The van der Waals surface area contributed by atoms with Gasteiger partial charge in [-0.3, -0.25) is 10.1 Å². The van der Waals surface area contributed by atoms with Crippen LogP contribution in [0.2, 0.25) is 0 Å². The van der Waals surface area contributed by atoms with Crippen molar-refractivity contribution < 1.29 is 9.34 Å². The van der Waals surface area contributed by atoms with Crippen LogP contribution in [0.3, 0.4) is 0 Å². The number of rotatable bonds is 6. The van der Waals surface area contributed by atoms with Crippen molar-refractivity contribution in [2.24, 2.45) is 0 Å². The Bertz CT molecular complexity index is 637. The molecule has 0 aliphatic rings. The zero-order chi connectivity index (χ0) is 15.4. The summed E-state index contributed by atoms with van der Waals surface area (Å²) in [5.41, 5.74) is 2.69. The highest BCUT2D eigenvalue weighted by atomic mass is 16.6. The predicted molar refractivity (Wildman–Crippen MR) is 82.8 cm³/mol. The standard InChI is InChI=1S/C15H19N3O3/c1-4-16-13-7-14(9-15(8-13)18(19)20)17(3)10-12-5-6-21-11(12)2/h5-9,16H,4,10H2,1-3H3. The fraction of sp³-hybridized carbons (Fsp3) is 0.333. The minimum atomic E-state index is -0.374. The van der Waals surface area contributed by atoms with Crippen LogP contribution >= 0.6 is 0 Å². The van der Waals surface area contributed by atoms with Gasteiger partial charge in [-0.25, -0.2) is 0 Å². The topological polar surface area (TPSA) is 71.5 Å². The number of hydrogen-bond acceptors (Lipinski definition) is 5. The van der Waals surface area contributed by atoms with Crippen molar-refractivity contribution in [3.05, 3.63) is 52.0 Å². The minimum absolute atomic E-state index is 0.0826. The van der Waals surface area contributed by atoms with Gasteiger partial charge in [-0.1, -0.05) is 0 Å². The summed E-state index contributed by atoms with van der Waals surface area (Å²) in [7, 11) is 1.90. The molecule has 0 radical (unpaired) electrons.